The van der Waals surface area contributed by atoms with E-state index < -0.39 is 5.97 Å². The Morgan fingerprint density at radius 2 is 2.20 bits per heavy atom. The first-order valence-electron chi connectivity index (χ1n) is 4.13. The van der Waals surface area contributed by atoms with Crippen molar-refractivity contribution in [2.75, 3.05) is 14.2 Å². The molecule has 0 bridgehead atoms. The number of esters is 1. The van der Waals surface area contributed by atoms with Crippen LogP contribution in [0.5, 0.6) is 0 Å². The van der Waals surface area contributed by atoms with Crippen LogP contribution in [0, 0.1) is 0 Å². The summed E-state index contributed by atoms with van der Waals surface area (Å²) in [6, 6.07) is 4.90. The molecule has 0 aliphatic rings. The first-order valence-corrected chi connectivity index (χ1v) is 4.51. The Hall–Kier alpha value is -1.55. The van der Waals surface area contributed by atoms with Crippen LogP contribution in [0.15, 0.2) is 23.4 Å². The largest absolute Gasteiger partial charge is 0.465 e. The molecule has 0 amide bonds. The monoisotopic (exact) mass is 227 g/mol. The highest BCUT2D eigenvalue weighted by Crippen LogP contribution is 2.17. The van der Waals surface area contributed by atoms with E-state index in [4.69, 9.17) is 11.6 Å². The van der Waals surface area contributed by atoms with Gasteiger partial charge in [0.2, 0.25) is 0 Å². The van der Waals surface area contributed by atoms with Crippen LogP contribution >= 0.6 is 11.6 Å². The molecule has 0 N–H and O–H groups in total. The van der Waals surface area contributed by atoms with Crippen molar-refractivity contribution in [3.8, 4) is 0 Å². The summed E-state index contributed by atoms with van der Waals surface area (Å²) >= 11 is 5.83. The van der Waals surface area contributed by atoms with Crippen molar-refractivity contribution in [2.24, 2.45) is 5.16 Å². The summed E-state index contributed by atoms with van der Waals surface area (Å²) < 4.78 is 4.58. The van der Waals surface area contributed by atoms with Gasteiger partial charge in [-0.05, 0) is 17.7 Å². The molecule has 0 heterocycles. The molecule has 0 fully saturated rings. The molecule has 0 aromatic heterocycles. The molecule has 0 saturated carbocycles. The molecule has 80 valence electrons. The standard InChI is InChI=1S/C10H10ClNO3/c1-14-10(13)8-5-7(6-12-15-2)3-4-9(8)11/h3-6H,1-2H3. The zero-order chi connectivity index (χ0) is 11.3. The maximum Gasteiger partial charge on any atom is 0.339 e. The van der Waals surface area contributed by atoms with Crippen LogP contribution in [-0.4, -0.2) is 26.4 Å². The molecule has 1 rings (SSSR count). The Balaban J connectivity index is 3.05. The van der Waals surface area contributed by atoms with Gasteiger partial charge in [-0.2, -0.15) is 0 Å². The first kappa shape index (κ1) is 11.5. The summed E-state index contributed by atoms with van der Waals surface area (Å²) in [5.74, 6) is -0.479. The normalized spacial score (nSPS) is 10.3. The van der Waals surface area contributed by atoms with E-state index in [0.717, 1.165) is 0 Å². The lowest BCUT2D eigenvalue weighted by Gasteiger charge is -2.02. The number of carbonyl (C=O) groups excluding carboxylic acids is 1. The fourth-order valence-corrected chi connectivity index (χ4v) is 1.20. The van der Waals surface area contributed by atoms with Gasteiger partial charge in [-0.3, -0.25) is 0 Å². The van der Waals surface area contributed by atoms with Crippen LogP contribution in [0.4, 0.5) is 0 Å². The van der Waals surface area contributed by atoms with E-state index in [9.17, 15) is 4.79 Å². The maximum absolute atomic E-state index is 11.3. The van der Waals surface area contributed by atoms with E-state index in [1.165, 1.54) is 20.4 Å². The Morgan fingerprint density at radius 3 is 2.80 bits per heavy atom. The lowest BCUT2D eigenvalue weighted by molar-refractivity contribution is 0.0601. The highest BCUT2D eigenvalue weighted by molar-refractivity contribution is 6.33. The predicted octanol–water partition coefficient (Wildman–Crippen LogP) is 2.11. The molecule has 0 saturated heterocycles. The molecule has 0 unspecified atom stereocenters. The van der Waals surface area contributed by atoms with Gasteiger partial charge in [0, 0.05) is 0 Å². The Bertz CT molecular complexity index is 390. The second kappa shape index (κ2) is 5.36. The fraction of sp³-hybridized carbons (Fsp3) is 0.200. The average Bonchev–Trinajstić information content (AvgIpc) is 2.27. The third-order valence-corrected chi connectivity index (χ3v) is 2.03. The molecule has 0 atom stereocenters. The topological polar surface area (TPSA) is 47.9 Å². The molecular weight excluding hydrogens is 218 g/mol. The number of hydrogen-bond donors (Lipinski definition) is 0. The van der Waals surface area contributed by atoms with E-state index in [1.54, 1.807) is 18.2 Å². The number of methoxy groups -OCH3 is 1. The van der Waals surface area contributed by atoms with Crippen molar-refractivity contribution >= 4 is 23.8 Å². The van der Waals surface area contributed by atoms with E-state index in [1.807, 2.05) is 0 Å². The molecule has 0 radical (unpaired) electrons. The minimum absolute atomic E-state index is 0.305. The molecule has 0 aliphatic heterocycles. The average molecular weight is 228 g/mol. The molecule has 1 aromatic carbocycles. The predicted molar refractivity (Wildman–Crippen MR) is 57.4 cm³/mol. The van der Waals surface area contributed by atoms with Crippen LogP contribution < -0.4 is 0 Å². The Labute approximate surface area is 92.4 Å². The lowest BCUT2D eigenvalue weighted by Crippen LogP contribution is -2.02. The third-order valence-electron chi connectivity index (χ3n) is 1.70. The fourth-order valence-electron chi connectivity index (χ4n) is 1.00. The van der Waals surface area contributed by atoms with Crippen molar-refractivity contribution in [1.82, 2.24) is 0 Å². The first-order chi connectivity index (χ1) is 7.19. The zero-order valence-electron chi connectivity index (χ0n) is 8.36. The van der Waals surface area contributed by atoms with Crippen LogP contribution in [0.2, 0.25) is 5.02 Å². The van der Waals surface area contributed by atoms with Crippen LogP contribution in [0.25, 0.3) is 0 Å². The Morgan fingerprint density at radius 1 is 1.47 bits per heavy atom. The number of rotatable bonds is 3. The van der Waals surface area contributed by atoms with Gasteiger partial charge in [0.05, 0.1) is 23.9 Å². The second-order valence-corrected chi connectivity index (χ2v) is 3.06. The number of benzene rings is 1. The smallest absolute Gasteiger partial charge is 0.339 e. The Kier molecular flexibility index (Phi) is 4.12. The van der Waals surface area contributed by atoms with Gasteiger partial charge in [-0.15, -0.1) is 0 Å². The quantitative estimate of drug-likeness (QED) is 0.451. The van der Waals surface area contributed by atoms with Crippen molar-refractivity contribution in [2.45, 2.75) is 0 Å². The summed E-state index contributed by atoms with van der Waals surface area (Å²) in [5, 5.41) is 3.92. The van der Waals surface area contributed by atoms with Gasteiger partial charge in [0.25, 0.3) is 0 Å². The summed E-state index contributed by atoms with van der Waals surface area (Å²) in [5.41, 5.74) is 1.01. The van der Waals surface area contributed by atoms with Gasteiger partial charge in [0.15, 0.2) is 0 Å². The summed E-state index contributed by atoms with van der Waals surface area (Å²) in [6.07, 6.45) is 1.47. The lowest BCUT2D eigenvalue weighted by atomic mass is 10.1. The SMILES string of the molecule is CON=Cc1ccc(Cl)c(C(=O)OC)c1. The molecular formula is C10H10ClNO3. The number of oxime groups is 1. The van der Waals surface area contributed by atoms with Crippen molar-refractivity contribution < 1.29 is 14.4 Å². The van der Waals surface area contributed by atoms with Crippen molar-refractivity contribution in [1.29, 1.82) is 0 Å². The van der Waals surface area contributed by atoms with Crippen molar-refractivity contribution in [3.05, 3.63) is 34.3 Å². The number of nitrogens with zero attached hydrogens (tertiary/aromatic N) is 1. The van der Waals surface area contributed by atoms with Crippen molar-refractivity contribution in [3.63, 3.8) is 0 Å². The maximum atomic E-state index is 11.3. The van der Waals surface area contributed by atoms with E-state index in [2.05, 4.69) is 14.7 Å². The van der Waals surface area contributed by atoms with Gasteiger partial charge in [-0.1, -0.05) is 22.8 Å². The van der Waals surface area contributed by atoms with Crippen LogP contribution in [0.1, 0.15) is 15.9 Å². The van der Waals surface area contributed by atoms with E-state index in [-0.39, 0.29) is 0 Å². The van der Waals surface area contributed by atoms with E-state index >= 15 is 0 Å². The molecule has 0 aliphatic carbocycles. The van der Waals surface area contributed by atoms with Crippen LogP contribution in [0.3, 0.4) is 0 Å². The highest BCUT2D eigenvalue weighted by atomic mass is 35.5. The number of hydrogen-bond acceptors (Lipinski definition) is 4. The number of halogens is 1. The number of ether oxygens (including phenoxy) is 1. The van der Waals surface area contributed by atoms with Gasteiger partial charge >= 0.3 is 5.97 Å². The molecule has 4 nitrogen and oxygen atoms in total. The minimum Gasteiger partial charge on any atom is -0.465 e. The highest BCUT2D eigenvalue weighted by Gasteiger charge is 2.10. The van der Waals surface area contributed by atoms with Crippen LogP contribution in [-0.2, 0) is 9.57 Å². The zero-order valence-corrected chi connectivity index (χ0v) is 9.12. The number of carbonyl (C=O) groups is 1. The molecule has 5 heteroatoms. The molecule has 0 spiro atoms. The third kappa shape index (κ3) is 2.95. The van der Waals surface area contributed by atoms with Gasteiger partial charge in [-0.25, -0.2) is 4.79 Å². The van der Waals surface area contributed by atoms with E-state index in [0.29, 0.717) is 16.1 Å². The minimum atomic E-state index is -0.479. The summed E-state index contributed by atoms with van der Waals surface area (Å²) in [4.78, 5) is 15.8. The second-order valence-electron chi connectivity index (χ2n) is 2.65. The summed E-state index contributed by atoms with van der Waals surface area (Å²) in [6.45, 7) is 0. The summed E-state index contributed by atoms with van der Waals surface area (Å²) in [7, 11) is 2.74. The van der Waals surface area contributed by atoms with Gasteiger partial charge in [0.1, 0.15) is 7.11 Å². The van der Waals surface area contributed by atoms with Gasteiger partial charge < -0.3 is 9.57 Å². The molecule has 15 heavy (non-hydrogen) atoms. The molecule has 1 aromatic rings.